The largest absolute Gasteiger partial charge is 0.504 e. The van der Waals surface area contributed by atoms with Crippen LogP contribution in [0.2, 0.25) is 0 Å². The lowest BCUT2D eigenvalue weighted by molar-refractivity contribution is 0.159. The number of hydrogen-bond acceptors (Lipinski definition) is 4. The number of hydrogen-bond donors (Lipinski definition) is 1. The summed E-state index contributed by atoms with van der Waals surface area (Å²) in [6.45, 7) is 1.93. The summed E-state index contributed by atoms with van der Waals surface area (Å²) in [6.07, 6.45) is 4.25. The summed E-state index contributed by atoms with van der Waals surface area (Å²) in [7, 11) is 1.64. The van der Waals surface area contributed by atoms with Gasteiger partial charge in [0.05, 0.1) is 7.11 Å². The maximum absolute atomic E-state index is 10.1. The van der Waals surface area contributed by atoms with Crippen LogP contribution in [0.4, 0.5) is 0 Å². The molecule has 1 unspecified atom stereocenters. The van der Waals surface area contributed by atoms with E-state index in [0.29, 0.717) is 11.8 Å². The van der Waals surface area contributed by atoms with E-state index in [1.807, 2.05) is 11.3 Å². The van der Waals surface area contributed by atoms with E-state index >= 15 is 0 Å². The molecule has 5 heteroatoms. The highest BCUT2D eigenvalue weighted by atomic mass is 35.5. The molecule has 0 amide bonds. The van der Waals surface area contributed by atoms with Crippen LogP contribution < -0.4 is 4.74 Å². The monoisotopic (exact) mass is 363 g/mol. The van der Waals surface area contributed by atoms with E-state index in [-0.39, 0.29) is 5.75 Å². The number of aromatic hydroxyl groups is 1. The van der Waals surface area contributed by atoms with Gasteiger partial charge in [-0.25, -0.2) is 0 Å². The first-order chi connectivity index (χ1) is 11.7. The van der Waals surface area contributed by atoms with Gasteiger partial charge < -0.3 is 9.84 Å². The molecule has 0 saturated heterocycles. The van der Waals surface area contributed by atoms with Crippen molar-refractivity contribution in [2.75, 3.05) is 19.5 Å². The molecule has 0 radical (unpaired) electrons. The summed E-state index contributed by atoms with van der Waals surface area (Å²) in [6, 6.07) is 6.68. The highest BCUT2D eigenvalue weighted by Gasteiger charge is 2.34. The molecule has 128 valence electrons. The maximum Gasteiger partial charge on any atom is 0.165 e. The molecular weight excluding hydrogens is 342 g/mol. The molecule has 1 aromatic heterocycles. The normalized spacial score (nSPS) is 19.5. The van der Waals surface area contributed by atoms with Crippen LogP contribution in [0, 0.1) is 0 Å². The Morgan fingerprint density at radius 1 is 1.42 bits per heavy atom. The van der Waals surface area contributed by atoms with Gasteiger partial charge in [-0.3, -0.25) is 4.90 Å². The minimum absolute atomic E-state index is 0.242. The van der Waals surface area contributed by atoms with Crippen LogP contribution in [0.3, 0.4) is 0 Å². The van der Waals surface area contributed by atoms with Crippen molar-refractivity contribution in [1.29, 1.82) is 0 Å². The van der Waals surface area contributed by atoms with E-state index in [2.05, 4.69) is 17.0 Å². The van der Waals surface area contributed by atoms with Crippen molar-refractivity contribution >= 4 is 22.9 Å². The lowest BCUT2D eigenvalue weighted by Crippen LogP contribution is -2.38. The third-order valence-electron chi connectivity index (χ3n) is 5.19. The number of phenolic OH excluding ortho intramolecular Hbond substituents is 1. The molecule has 2 aromatic rings. The number of rotatable bonds is 4. The smallest absolute Gasteiger partial charge is 0.165 e. The average molecular weight is 364 g/mol. The molecule has 2 aliphatic heterocycles. The molecule has 1 N–H and O–H groups in total. The van der Waals surface area contributed by atoms with Crippen LogP contribution >= 0.6 is 22.9 Å². The maximum atomic E-state index is 10.1. The Hall–Kier alpha value is -1.23. The number of methoxy groups -OCH3 is 1. The molecule has 4 rings (SSSR count). The first kappa shape index (κ1) is 16.2. The highest BCUT2D eigenvalue weighted by Crippen LogP contribution is 2.45. The van der Waals surface area contributed by atoms with E-state index in [0.717, 1.165) is 50.2 Å². The minimum atomic E-state index is 0.242. The lowest BCUT2D eigenvalue weighted by atomic mass is 9.86. The summed E-state index contributed by atoms with van der Waals surface area (Å²) >= 11 is 7.82. The first-order valence-corrected chi connectivity index (χ1v) is 9.85. The Morgan fingerprint density at radius 2 is 2.29 bits per heavy atom. The molecule has 2 aliphatic rings. The van der Waals surface area contributed by atoms with Crippen LogP contribution in [0.5, 0.6) is 11.5 Å². The second kappa shape index (κ2) is 6.58. The van der Waals surface area contributed by atoms with Gasteiger partial charge in [-0.15, -0.1) is 22.9 Å². The summed E-state index contributed by atoms with van der Waals surface area (Å²) in [5.74, 6) is 1.62. The van der Waals surface area contributed by atoms with Gasteiger partial charge in [-0.1, -0.05) is 6.07 Å². The Labute approximate surface area is 151 Å². The average Bonchev–Trinajstić information content (AvgIpc) is 3.02. The Morgan fingerprint density at radius 3 is 3.08 bits per heavy atom. The van der Waals surface area contributed by atoms with Gasteiger partial charge in [0.2, 0.25) is 0 Å². The van der Waals surface area contributed by atoms with Crippen molar-refractivity contribution in [3.05, 3.63) is 44.6 Å². The number of aryl methyl sites for hydroxylation is 1. The zero-order valence-corrected chi connectivity index (χ0v) is 15.4. The van der Waals surface area contributed by atoms with Crippen molar-refractivity contribution < 1.29 is 9.84 Å². The second-order valence-corrected chi connectivity index (χ2v) is 8.18. The van der Waals surface area contributed by atoms with Crippen LogP contribution in [0.25, 0.3) is 0 Å². The van der Waals surface area contributed by atoms with Crippen LogP contribution in [0.15, 0.2) is 18.2 Å². The summed E-state index contributed by atoms with van der Waals surface area (Å²) in [4.78, 5) is 5.55. The topological polar surface area (TPSA) is 32.7 Å². The molecule has 0 aliphatic carbocycles. The zero-order valence-electron chi connectivity index (χ0n) is 13.8. The van der Waals surface area contributed by atoms with Crippen molar-refractivity contribution in [3.8, 4) is 11.5 Å². The van der Waals surface area contributed by atoms with Gasteiger partial charge >= 0.3 is 0 Å². The Bertz CT molecular complexity index is 758. The molecule has 0 spiro atoms. The third kappa shape index (κ3) is 2.71. The van der Waals surface area contributed by atoms with Crippen molar-refractivity contribution in [2.24, 2.45) is 0 Å². The first-order valence-electron chi connectivity index (χ1n) is 8.50. The van der Waals surface area contributed by atoms with Gasteiger partial charge in [0.15, 0.2) is 11.5 Å². The number of fused-ring (bicyclic) bond motifs is 4. The number of nitrogens with zero attached hydrogens (tertiary/aromatic N) is 1. The lowest BCUT2D eigenvalue weighted by Gasteiger charge is -2.40. The predicted octanol–water partition coefficient (Wildman–Crippen LogP) is 4.29. The Kier molecular flexibility index (Phi) is 4.46. The fourth-order valence-electron chi connectivity index (χ4n) is 4.03. The molecule has 0 fully saturated rings. The van der Waals surface area contributed by atoms with E-state index < -0.39 is 0 Å². The predicted molar refractivity (Wildman–Crippen MR) is 98.6 cm³/mol. The standard InChI is InChI=1S/C19H22ClNO2S/c1-23-19-15-11-21-8-6-18-14(10-13(24-18)3-2-7-20)16(21)9-12(15)4-5-17(19)22/h4-5,10,16,22H,2-3,6-9,11H2,1H3. The number of alkyl halides is 1. The van der Waals surface area contributed by atoms with Gasteiger partial charge in [-0.05, 0) is 48.9 Å². The molecule has 0 bridgehead atoms. The third-order valence-corrected chi connectivity index (χ3v) is 6.73. The number of benzene rings is 1. The fourth-order valence-corrected chi connectivity index (χ4v) is 5.42. The van der Waals surface area contributed by atoms with E-state index in [9.17, 15) is 5.11 Å². The minimum Gasteiger partial charge on any atom is -0.504 e. The summed E-state index contributed by atoms with van der Waals surface area (Å²) in [5.41, 5.74) is 3.95. The number of halogens is 1. The van der Waals surface area contributed by atoms with Gasteiger partial charge in [0.1, 0.15) is 0 Å². The summed E-state index contributed by atoms with van der Waals surface area (Å²) in [5, 5.41) is 10.1. The SMILES string of the molecule is COc1c(O)ccc2c1CN1CCc3sc(CCCCl)cc3C1C2. The molecule has 1 atom stereocenters. The van der Waals surface area contributed by atoms with Gasteiger partial charge in [-0.2, -0.15) is 0 Å². The molecular formula is C19H22ClNO2S. The van der Waals surface area contributed by atoms with Crippen LogP contribution in [-0.4, -0.2) is 29.5 Å². The molecule has 0 saturated carbocycles. The molecule has 3 nitrogen and oxygen atoms in total. The van der Waals surface area contributed by atoms with Crippen molar-refractivity contribution in [3.63, 3.8) is 0 Å². The van der Waals surface area contributed by atoms with Crippen molar-refractivity contribution in [2.45, 2.75) is 38.3 Å². The fraction of sp³-hybridized carbons (Fsp3) is 0.474. The quantitative estimate of drug-likeness (QED) is 0.822. The van der Waals surface area contributed by atoms with Gasteiger partial charge in [0, 0.05) is 40.3 Å². The van der Waals surface area contributed by atoms with Gasteiger partial charge in [0.25, 0.3) is 0 Å². The number of thiophene rings is 1. The number of phenols is 1. The molecule has 3 heterocycles. The molecule has 24 heavy (non-hydrogen) atoms. The van der Waals surface area contributed by atoms with Crippen LogP contribution in [-0.2, 0) is 25.8 Å². The van der Waals surface area contributed by atoms with Crippen LogP contribution in [0.1, 0.15) is 38.9 Å². The van der Waals surface area contributed by atoms with Crippen molar-refractivity contribution in [1.82, 2.24) is 4.90 Å². The van der Waals surface area contributed by atoms with E-state index in [1.54, 1.807) is 18.1 Å². The second-order valence-electron chi connectivity index (χ2n) is 6.58. The molecule has 1 aromatic carbocycles. The number of ether oxygens (including phenoxy) is 1. The van der Waals surface area contributed by atoms with E-state index in [1.165, 1.54) is 16.0 Å². The highest BCUT2D eigenvalue weighted by molar-refractivity contribution is 7.12. The van der Waals surface area contributed by atoms with E-state index in [4.69, 9.17) is 16.3 Å². The Balaban J connectivity index is 1.67. The zero-order chi connectivity index (χ0) is 16.7. The summed E-state index contributed by atoms with van der Waals surface area (Å²) < 4.78 is 5.45.